The maximum absolute atomic E-state index is 10.7. The Hall–Kier alpha value is -1.00. The zero-order valence-electron chi connectivity index (χ0n) is 11.0. The van der Waals surface area contributed by atoms with Gasteiger partial charge in [-0.25, -0.2) is 0 Å². The summed E-state index contributed by atoms with van der Waals surface area (Å²) in [5.41, 5.74) is 0.936. The van der Waals surface area contributed by atoms with E-state index in [1.54, 1.807) is 12.1 Å². The second-order valence-electron chi connectivity index (χ2n) is 4.66. The summed E-state index contributed by atoms with van der Waals surface area (Å²) in [5, 5.41) is 10.7. The van der Waals surface area contributed by atoms with Gasteiger partial charge in [0.2, 0.25) is 0 Å². The van der Waals surface area contributed by atoms with Gasteiger partial charge in [-0.2, -0.15) is 0 Å². The summed E-state index contributed by atoms with van der Waals surface area (Å²) in [6.07, 6.45) is 0. The second kappa shape index (κ2) is 5.97. The van der Waals surface area contributed by atoms with E-state index < -0.39 is 0 Å². The molecule has 0 aromatic heterocycles. The van der Waals surface area contributed by atoms with Gasteiger partial charge in [0, 0.05) is 0 Å². The third kappa shape index (κ3) is 3.51. The minimum atomic E-state index is -0.382. The number of nitro benzene ring substituents is 1. The molecule has 0 fully saturated rings. The van der Waals surface area contributed by atoms with Crippen LogP contribution in [0.4, 0.5) is 11.4 Å². The predicted molar refractivity (Wildman–Crippen MR) is 79.2 cm³/mol. The maximum atomic E-state index is 10.7. The van der Waals surface area contributed by atoms with E-state index in [4.69, 9.17) is 0 Å². The second-order valence-corrected chi connectivity index (χ2v) is 8.65. The molecule has 1 radical (unpaired) electrons. The molecule has 1 atom stereocenters. The van der Waals surface area contributed by atoms with E-state index in [1.807, 2.05) is 0 Å². The van der Waals surface area contributed by atoms with E-state index in [0.717, 1.165) is 15.2 Å². The molecule has 1 aromatic carbocycles. The zero-order valence-corrected chi connectivity index (χ0v) is 13.6. The first-order valence-corrected chi connectivity index (χ1v) is 8.82. The van der Waals surface area contributed by atoms with Crippen LogP contribution in [0.1, 0.15) is 20.8 Å². The van der Waals surface area contributed by atoms with E-state index in [9.17, 15) is 10.1 Å². The van der Waals surface area contributed by atoms with Crippen molar-refractivity contribution in [3.05, 3.63) is 28.3 Å². The van der Waals surface area contributed by atoms with Crippen molar-refractivity contribution in [3.63, 3.8) is 0 Å². The fourth-order valence-corrected chi connectivity index (χ4v) is 4.52. The molecular formula is C12H15AsN3O2S. The van der Waals surface area contributed by atoms with Crippen molar-refractivity contribution in [1.29, 1.82) is 0 Å². The molecule has 1 aliphatic heterocycles. The minimum absolute atomic E-state index is 0.00655. The first kappa shape index (κ1) is 14.4. The number of hydrogen-bond acceptors (Lipinski definition) is 5. The van der Waals surface area contributed by atoms with Gasteiger partial charge in [-0.1, -0.05) is 0 Å². The summed E-state index contributed by atoms with van der Waals surface area (Å²) < 4.78 is 4.89. The topological polar surface area (TPSA) is 67.5 Å². The van der Waals surface area contributed by atoms with Crippen molar-refractivity contribution in [2.75, 3.05) is 0 Å². The van der Waals surface area contributed by atoms with Gasteiger partial charge >= 0.3 is 123 Å². The van der Waals surface area contributed by atoms with Crippen LogP contribution in [-0.2, 0) is 0 Å². The van der Waals surface area contributed by atoms with Crippen LogP contribution < -0.4 is 4.72 Å². The van der Waals surface area contributed by atoms with Gasteiger partial charge in [0.1, 0.15) is 0 Å². The summed E-state index contributed by atoms with van der Waals surface area (Å²) in [7, 11) is 0. The van der Waals surface area contributed by atoms with Gasteiger partial charge < -0.3 is 0 Å². The van der Waals surface area contributed by atoms with Gasteiger partial charge in [-0.15, -0.1) is 0 Å². The van der Waals surface area contributed by atoms with E-state index in [0.29, 0.717) is 10.6 Å². The van der Waals surface area contributed by atoms with Crippen molar-refractivity contribution in [1.82, 2.24) is 4.72 Å². The molecule has 0 bridgehead atoms. The Morgan fingerprint density at radius 1 is 1.42 bits per heavy atom. The molecule has 1 aliphatic rings. The van der Waals surface area contributed by atoms with E-state index >= 15 is 0 Å². The third-order valence-electron chi connectivity index (χ3n) is 2.92. The van der Waals surface area contributed by atoms with Gasteiger partial charge in [-0.05, 0) is 0 Å². The first-order valence-electron chi connectivity index (χ1n) is 5.98. The fraction of sp³-hybridized carbons (Fsp3) is 0.417. The Labute approximate surface area is 123 Å². The van der Waals surface area contributed by atoms with Crippen LogP contribution in [0.3, 0.4) is 0 Å². The summed E-state index contributed by atoms with van der Waals surface area (Å²) in [6, 6.07) is 4.80. The molecule has 2 rings (SSSR count). The number of nitrogens with zero attached hydrogens (tertiary/aromatic N) is 2. The Balaban J connectivity index is 2.19. The van der Waals surface area contributed by atoms with Gasteiger partial charge in [-0.3, -0.25) is 0 Å². The van der Waals surface area contributed by atoms with Crippen LogP contribution in [0.5, 0.6) is 0 Å². The Morgan fingerprint density at radius 3 is 2.79 bits per heavy atom. The molecule has 1 N–H and O–H groups in total. The average molecular weight is 340 g/mol. The Kier molecular flexibility index (Phi) is 4.53. The molecule has 7 heteroatoms. The van der Waals surface area contributed by atoms with Crippen LogP contribution in [0.15, 0.2) is 28.1 Å². The molecule has 5 nitrogen and oxygen atoms in total. The number of nitrogens with one attached hydrogen (secondary N) is 1. The van der Waals surface area contributed by atoms with E-state index in [1.165, 1.54) is 18.0 Å². The Morgan fingerprint density at radius 2 is 2.16 bits per heavy atom. The van der Waals surface area contributed by atoms with Crippen molar-refractivity contribution in [2.45, 2.75) is 30.4 Å². The summed E-state index contributed by atoms with van der Waals surface area (Å²) in [4.78, 5) is 15.7. The van der Waals surface area contributed by atoms with Crippen molar-refractivity contribution < 1.29 is 4.92 Å². The van der Waals surface area contributed by atoms with Crippen molar-refractivity contribution in [3.8, 4) is 0 Å². The summed E-state index contributed by atoms with van der Waals surface area (Å²) >= 11 is 1.41. The fourth-order valence-electron chi connectivity index (χ4n) is 1.43. The number of rotatable bonds is 4. The quantitative estimate of drug-likeness (QED) is 0.395. The van der Waals surface area contributed by atoms with Crippen LogP contribution in [-0.4, -0.2) is 25.3 Å². The van der Waals surface area contributed by atoms with Crippen LogP contribution in [0, 0.1) is 16.0 Å². The molecule has 0 saturated carbocycles. The number of amidine groups is 1. The van der Waals surface area contributed by atoms with Crippen LogP contribution in [0.2, 0.25) is 4.71 Å². The standard InChI is InChI=1S/C12H15AsN3O2S/c1-7(2)8(3)13-12-14-10-5-4-9(16(17)18)6-11(10)19-15-12/h4-8H,1-3H3,(H,14,15). The van der Waals surface area contributed by atoms with Gasteiger partial charge in [0.15, 0.2) is 0 Å². The molecule has 0 aliphatic carbocycles. The van der Waals surface area contributed by atoms with Gasteiger partial charge in [0.05, 0.1) is 0 Å². The number of hydrogen-bond donors (Lipinski definition) is 1. The number of non-ortho nitro benzene ring substituents is 1. The SMILES string of the molecule is CC(C)C(C)[As]C1=Nc2ccc([N+](=O)[O-])cc2SN1. The molecule has 19 heavy (non-hydrogen) atoms. The summed E-state index contributed by atoms with van der Waals surface area (Å²) in [5.74, 6) is 0.646. The molecule has 1 heterocycles. The molecular weight excluding hydrogens is 325 g/mol. The van der Waals surface area contributed by atoms with Crippen molar-refractivity contribution >= 4 is 43.7 Å². The van der Waals surface area contributed by atoms with E-state index in [2.05, 4.69) is 30.5 Å². The van der Waals surface area contributed by atoms with Crippen molar-refractivity contribution in [2.24, 2.45) is 10.9 Å². The van der Waals surface area contributed by atoms with Crippen LogP contribution in [0.25, 0.3) is 0 Å². The third-order valence-corrected chi connectivity index (χ3v) is 7.16. The predicted octanol–water partition coefficient (Wildman–Crippen LogP) is 3.36. The first-order chi connectivity index (χ1) is 8.97. The molecule has 101 valence electrons. The molecule has 0 saturated heterocycles. The molecule has 0 amide bonds. The summed E-state index contributed by atoms with van der Waals surface area (Å²) in [6.45, 7) is 6.67. The number of benzene rings is 1. The van der Waals surface area contributed by atoms with Gasteiger partial charge in [0.25, 0.3) is 0 Å². The Bertz CT molecular complexity index is 534. The molecule has 0 spiro atoms. The number of fused-ring (bicyclic) bond motifs is 1. The monoisotopic (exact) mass is 340 g/mol. The zero-order chi connectivity index (χ0) is 14.0. The number of nitro groups is 1. The molecule has 1 aromatic rings. The normalized spacial score (nSPS) is 16.1. The van der Waals surface area contributed by atoms with E-state index in [-0.39, 0.29) is 26.4 Å². The average Bonchev–Trinajstić information content (AvgIpc) is 2.37. The van der Waals surface area contributed by atoms with Crippen LogP contribution >= 0.6 is 11.9 Å². The number of aliphatic imine (C=N–C) groups is 1. The molecule has 1 unspecified atom stereocenters.